The number of nitrogens with zero attached hydrogens (tertiary/aromatic N) is 4. The Bertz CT molecular complexity index is 3080. The maximum atomic E-state index is 6.41. The second-order valence-corrected chi connectivity index (χ2v) is 13.4. The number of hydrogen-bond donors (Lipinski definition) is 0. The summed E-state index contributed by atoms with van der Waals surface area (Å²) >= 11 is 0. The Labute approximate surface area is 280 Å². The molecule has 6 aromatic carbocycles. The van der Waals surface area contributed by atoms with E-state index in [0.29, 0.717) is 5.92 Å². The van der Waals surface area contributed by atoms with Crippen molar-refractivity contribution in [2.45, 2.75) is 12.0 Å². The third-order valence-electron chi connectivity index (χ3n) is 10.8. The number of para-hydroxylation sites is 4. The highest BCUT2D eigenvalue weighted by molar-refractivity contribution is 6.26. The lowest BCUT2D eigenvalue weighted by atomic mass is 9.90. The van der Waals surface area contributed by atoms with Crippen molar-refractivity contribution in [3.8, 4) is 11.1 Å². The number of hydrogen-bond acceptors (Lipinski definition) is 4. The molecule has 10 aromatic rings. The molecule has 5 heteroatoms. The van der Waals surface area contributed by atoms with Gasteiger partial charge in [-0.05, 0) is 77.4 Å². The molecular weight excluding hydrogens is 601 g/mol. The number of anilines is 2. The smallest absolute Gasteiger partial charge is 0.165 e. The van der Waals surface area contributed by atoms with E-state index < -0.39 is 0 Å². The van der Waals surface area contributed by atoms with Crippen LogP contribution in [0.25, 0.3) is 82.5 Å². The minimum absolute atomic E-state index is 0.248. The molecule has 0 spiro atoms. The summed E-state index contributed by atoms with van der Waals surface area (Å²) in [5.74, 6) is 0.314. The number of furan rings is 1. The summed E-state index contributed by atoms with van der Waals surface area (Å²) in [7, 11) is 0. The summed E-state index contributed by atoms with van der Waals surface area (Å²) in [6, 6.07) is 43.7. The van der Waals surface area contributed by atoms with Crippen LogP contribution in [0.5, 0.6) is 0 Å². The van der Waals surface area contributed by atoms with Gasteiger partial charge in [0.05, 0.1) is 28.1 Å². The molecule has 5 heterocycles. The Morgan fingerprint density at radius 2 is 1.37 bits per heavy atom. The molecular formula is C44H26N4O. The van der Waals surface area contributed by atoms with Gasteiger partial charge in [0.15, 0.2) is 5.65 Å². The Kier molecular flexibility index (Phi) is 4.76. The van der Waals surface area contributed by atoms with Crippen molar-refractivity contribution >= 4 is 82.7 Å². The fourth-order valence-corrected chi connectivity index (χ4v) is 8.66. The molecule has 2 atom stereocenters. The van der Waals surface area contributed by atoms with Crippen molar-refractivity contribution < 1.29 is 4.42 Å². The number of allylic oxidation sites excluding steroid dienone is 2. The van der Waals surface area contributed by atoms with Crippen LogP contribution < -0.4 is 4.90 Å². The summed E-state index contributed by atoms with van der Waals surface area (Å²) < 4.78 is 8.73. The lowest BCUT2D eigenvalue weighted by molar-refractivity contribution is 0.669. The number of rotatable bonds is 2. The van der Waals surface area contributed by atoms with Gasteiger partial charge in [0.25, 0.3) is 0 Å². The zero-order chi connectivity index (χ0) is 31.8. The quantitative estimate of drug-likeness (QED) is 0.192. The van der Waals surface area contributed by atoms with Gasteiger partial charge in [0.1, 0.15) is 16.7 Å². The molecule has 0 saturated carbocycles. The second kappa shape index (κ2) is 9.12. The summed E-state index contributed by atoms with van der Waals surface area (Å²) in [4.78, 5) is 13.0. The predicted molar refractivity (Wildman–Crippen MR) is 200 cm³/mol. The molecule has 1 aliphatic heterocycles. The third kappa shape index (κ3) is 3.34. The first-order valence-electron chi connectivity index (χ1n) is 16.8. The minimum atomic E-state index is 0.248. The van der Waals surface area contributed by atoms with Crippen LogP contribution in [0.1, 0.15) is 11.5 Å². The average molecular weight is 627 g/mol. The van der Waals surface area contributed by atoms with Gasteiger partial charge >= 0.3 is 0 Å². The minimum Gasteiger partial charge on any atom is -0.456 e. The van der Waals surface area contributed by atoms with Crippen molar-refractivity contribution in [2.24, 2.45) is 0 Å². The van der Waals surface area contributed by atoms with E-state index in [1.54, 1.807) is 0 Å². The van der Waals surface area contributed by atoms with Gasteiger partial charge in [0, 0.05) is 44.2 Å². The number of aromatic nitrogens is 3. The maximum absolute atomic E-state index is 6.41. The van der Waals surface area contributed by atoms with Gasteiger partial charge < -0.3 is 9.32 Å². The highest BCUT2D eigenvalue weighted by atomic mass is 16.3. The van der Waals surface area contributed by atoms with Crippen molar-refractivity contribution in [3.63, 3.8) is 0 Å². The van der Waals surface area contributed by atoms with Crippen LogP contribution in [0.3, 0.4) is 0 Å². The summed E-state index contributed by atoms with van der Waals surface area (Å²) in [6.45, 7) is 0. The summed E-state index contributed by atoms with van der Waals surface area (Å²) in [6.07, 6.45) is 9.03. The van der Waals surface area contributed by atoms with Crippen LogP contribution in [-0.2, 0) is 0 Å². The van der Waals surface area contributed by atoms with E-state index in [-0.39, 0.29) is 6.04 Å². The van der Waals surface area contributed by atoms with Crippen molar-refractivity contribution in [1.29, 1.82) is 0 Å². The van der Waals surface area contributed by atoms with E-state index in [2.05, 4.69) is 125 Å². The highest BCUT2D eigenvalue weighted by Crippen LogP contribution is 2.50. The topological polar surface area (TPSA) is 46.6 Å². The first-order valence-corrected chi connectivity index (χ1v) is 16.8. The molecule has 0 saturated heterocycles. The van der Waals surface area contributed by atoms with Gasteiger partial charge in [-0.2, -0.15) is 0 Å². The Morgan fingerprint density at radius 1 is 0.571 bits per heavy atom. The SMILES string of the molecule is C1=CC2c3ccc(-c4cc5c6cc7oc8ccccc8c7cc6n6c7nc8ccccc8nc7c(c4)c56)cc3N(c3ccccc3)C2C=C1. The van der Waals surface area contributed by atoms with Gasteiger partial charge in [-0.25, -0.2) is 9.97 Å². The van der Waals surface area contributed by atoms with Crippen molar-refractivity contribution in [2.75, 3.05) is 4.90 Å². The molecule has 2 unspecified atom stereocenters. The fraction of sp³-hybridized carbons (Fsp3) is 0.0455. The fourth-order valence-electron chi connectivity index (χ4n) is 8.66. The molecule has 0 N–H and O–H groups in total. The van der Waals surface area contributed by atoms with Crippen LogP contribution >= 0.6 is 0 Å². The molecule has 0 fully saturated rings. The molecule has 0 amide bonds. The molecule has 12 rings (SSSR count). The van der Waals surface area contributed by atoms with E-state index in [0.717, 1.165) is 71.5 Å². The molecule has 5 nitrogen and oxygen atoms in total. The molecule has 1 aliphatic carbocycles. The molecule has 4 aromatic heterocycles. The number of fused-ring (bicyclic) bond motifs is 13. The monoisotopic (exact) mass is 626 g/mol. The standard InChI is InChI=1S/C44H26N4O/c1-2-10-27(11-3-1)47-37-16-8-4-12-28(37)29-19-18-25(22-38(29)47)26-20-33-31-24-41-32(30-13-5-9-17-40(30)49-41)23-39(31)48-43(33)34(21-26)42-44(48)46-36-15-7-6-14-35(36)45-42/h1-24,28,37H. The predicted octanol–water partition coefficient (Wildman–Crippen LogP) is 11.1. The zero-order valence-electron chi connectivity index (χ0n) is 26.2. The second-order valence-electron chi connectivity index (χ2n) is 13.4. The van der Waals surface area contributed by atoms with Crippen LogP contribution in [0, 0.1) is 0 Å². The van der Waals surface area contributed by atoms with Crippen LogP contribution in [0.4, 0.5) is 11.4 Å². The highest BCUT2D eigenvalue weighted by Gasteiger charge is 2.37. The maximum Gasteiger partial charge on any atom is 0.165 e. The van der Waals surface area contributed by atoms with Crippen LogP contribution in [-0.4, -0.2) is 20.4 Å². The zero-order valence-corrected chi connectivity index (χ0v) is 26.2. The van der Waals surface area contributed by atoms with E-state index >= 15 is 0 Å². The average Bonchev–Trinajstić information content (AvgIpc) is 3.88. The van der Waals surface area contributed by atoms with E-state index in [9.17, 15) is 0 Å². The van der Waals surface area contributed by atoms with E-state index in [4.69, 9.17) is 14.4 Å². The van der Waals surface area contributed by atoms with E-state index in [1.165, 1.54) is 27.9 Å². The normalized spacial score (nSPS) is 17.2. The van der Waals surface area contributed by atoms with Gasteiger partial charge in [-0.1, -0.05) is 85.0 Å². The Balaban J connectivity index is 1.17. The molecule has 2 aliphatic rings. The van der Waals surface area contributed by atoms with Crippen LogP contribution in [0.15, 0.2) is 150 Å². The third-order valence-corrected chi connectivity index (χ3v) is 10.8. The summed E-state index contributed by atoms with van der Waals surface area (Å²) in [5, 5.41) is 5.66. The lowest BCUT2D eigenvalue weighted by Gasteiger charge is -2.28. The first-order chi connectivity index (χ1) is 24.3. The van der Waals surface area contributed by atoms with Crippen molar-refractivity contribution in [3.05, 3.63) is 151 Å². The molecule has 49 heavy (non-hydrogen) atoms. The van der Waals surface area contributed by atoms with Gasteiger partial charge in [-0.15, -0.1) is 0 Å². The summed E-state index contributed by atoms with van der Waals surface area (Å²) in [5.41, 5.74) is 13.8. The molecule has 0 bridgehead atoms. The Morgan fingerprint density at radius 3 is 2.29 bits per heavy atom. The van der Waals surface area contributed by atoms with E-state index in [1.807, 2.05) is 30.3 Å². The van der Waals surface area contributed by atoms with Gasteiger partial charge in [-0.3, -0.25) is 4.40 Å². The lowest BCUT2D eigenvalue weighted by Crippen LogP contribution is -2.28. The molecule has 228 valence electrons. The Hall–Kier alpha value is -6.46. The van der Waals surface area contributed by atoms with Gasteiger partial charge in [0.2, 0.25) is 0 Å². The van der Waals surface area contributed by atoms with Crippen molar-refractivity contribution in [1.82, 2.24) is 14.4 Å². The molecule has 0 radical (unpaired) electrons. The first kappa shape index (κ1) is 25.6. The van der Waals surface area contributed by atoms with Crippen LogP contribution in [0.2, 0.25) is 0 Å². The number of benzene rings is 6. The largest absolute Gasteiger partial charge is 0.456 e.